The van der Waals surface area contributed by atoms with Crippen molar-refractivity contribution in [3.63, 3.8) is 0 Å². The van der Waals surface area contributed by atoms with Crippen LogP contribution in [-0.4, -0.2) is 20.8 Å². The van der Waals surface area contributed by atoms with Crippen molar-refractivity contribution in [2.45, 2.75) is 0 Å². The minimum Gasteiger partial charge on any atom is -0.331 e. The molecule has 0 aliphatic heterocycles. The molecule has 0 spiro atoms. The van der Waals surface area contributed by atoms with Crippen LogP contribution in [0.4, 0.5) is 20.4 Å². The Kier molecular flexibility index (Phi) is 3.19. The molecule has 2 aromatic rings. The Morgan fingerprint density at radius 3 is 2.74 bits per heavy atom. The summed E-state index contributed by atoms with van der Waals surface area (Å²) in [7, 11) is 0. The van der Waals surface area contributed by atoms with Gasteiger partial charge in [0.15, 0.2) is 0 Å². The minimum absolute atomic E-state index is 0.0321. The lowest BCUT2D eigenvalue weighted by Gasteiger charge is -2.05. The van der Waals surface area contributed by atoms with Gasteiger partial charge in [-0.25, -0.2) is 9.37 Å². The third-order valence-corrected chi connectivity index (χ3v) is 2.22. The SMILES string of the molecule is O=C(Nc1ncc[nH]1)c1c(F)ccc([N+](=O)[O-])c1F. The lowest BCUT2D eigenvalue weighted by Crippen LogP contribution is -2.17. The number of carbonyl (C=O) groups is 1. The number of hydrogen-bond donors (Lipinski definition) is 2. The van der Waals surface area contributed by atoms with E-state index < -0.39 is 33.7 Å². The quantitative estimate of drug-likeness (QED) is 0.655. The number of anilines is 1. The zero-order valence-corrected chi connectivity index (χ0v) is 9.18. The number of nitrogens with zero attached hydrogens (tertiary/aromatic N) is 2. The van der Waals surface area contributed by atoms with Gasteiger partial charge in [0.05, 0.1) is 4.92 Å². The molecule has 0 bridgehead atoms. The molecule has 98 valence electrons. The number of rotatable bonds is 3. The zero-order chi connectivity index (χ0) is 14.0. The molecule has 1 aromatic heterocycles. The van der Waals surface area contributed by atoms with Gasteiger partial charge in [0.1, 0.15) is 11.4 Å². The fourth-order valence-electron chi connectivity index (χ4n) is 1.39. The van der Waals surface area contributed by atoms with Crippen molar-refractivity contribution in [3.05, 3.63) is 51.8 Å². The molecule has 0 aliphatic carbocycles. The number of nitrogens with one attached hydrogen (secondary N) is 2. The molecular weight excluding hydrogens is 262 g/mol. The Balaban J connectivity index is 2.41. The van der Waals surface area contributed by atoms with Crippen LogP contribution in [0.15, 0.2) is 24.5 Å². The van der Waals surface area contributed by atoms with Gasteiger partial charge in [0, 0.05) is 18.5 Å². The first kappa shape index (κ1) is 12.6. The van der Waals surface area contributed by atoms with Crippen molar-refractivity contribution < 1.29 is 18.5 Å². The Morgan fingerprint density at radius 2 is 2.16 bits per heavy atom. The van der Waals surface area contributed by atoms with E-state index in [1.807, 2.05) is 0 Å². The van der Waals surface area contributed by atoms with Gasteiger partial charge in [-0.2, -0.15) is 4.39 Å². The van der Waals surface area contributed by atoms with Crippen LogP contribution in [0.5, 0.6) is 0 Å². The largest absolute Gasteiger partial charge is 0.331 e. The van der Waals surface area contributed by atoms with E-state index in [0.29, 0.717) is 12.1 Å². The summed E-state index contributed by atoms with van der Waals surface area (Å²) in [6.07, 6.45) is 2.70. The highest BCUT2D eigenvalue weighted by Crippen LogP contribution is 2.23. The molecule has 0 saturated carbocycles. The van der Waals surface area contributed by atoms with Crippen LogP contribution >= 0.6 is 0 Å². The van der Waals surface area contributed by atoms with Gasteiger partial charge >= 0.3 is 5.69 Å². The second kappa shape index (κ2) is 4.80. The maximum Gasteiger partial charge on any atom is 0.305 e. The molecular formula is C10H6F2N4O3. The number of benzene rings is 1. The lowest BCUT2D eigenvalue weighted by molar-refractivity contribution is -0.387. The molecule has 19 heavy (non-hydrogen) atoms. The van der Waals surface area contributed by atoms with Crippen LogP contribution in [-0.2, 0) is 0 Å². The topological polar surface area (TPSA) is 101 Å². The lowest BCUT2D eigenvalue weighted by atomic mass is 10.1. The summed E-state index contributed by atoms with van der Waals surface area (Å²) < 4.78 is 27.1. The molecule has 0 saturated heterocycles. The Hall–Kier alpha value is -2.84. The van der Waals surface area contributed by atoms with E-state index in [4.69, 9.17) is 0 Å². The molecule has 1 heterocycles. The second-order valence-corrected chi connectivity index (χ2v) is 3.40. The maximum atomic E-state index is 13.7. The van der Waals surface area contributed by atoms with Gasteiger partial charge in [-0.05, 0) is 6.07 Å². The number of H-pyrrole nitrogens is 1. The van der Waals surface area contributed by atoms with Crippen LogP contribution in [0.25, 0.3) is 0 Å². The molecule has 2 rings (SSSR count). The van der Waals surface area contributed by atoms with Gasteiger partial charge in [0.2, 0.25) is 11.8 Å². The molecule has 1 amide bonds. The minimum atomic E-state index is -1.53. The number of nitro benzene ring substituents is 1. The monoisotopic (exact) mass is 268 g/mol. The number of imidazole rings is 1. The summed E-state index contributed by atoms with van der Waals surface area (Å²) in [4.78, 5) is 27.3. The van der Waals surface area contributed by atoms with Gasteiger partial charge in [-0.1, -0.05) is 0 Å². The number of aromatic amines is 1. The van der Waals surface area contributed by atoms with Gasteiger partial charge in [0.25, 0.3) is 5.91 Å². The molecule has 0 radical (unpaired) electrons. The number of halogens is 2. The van der Waals surface area contributed by atoms with Gasteiger partial charge in [-0.15, -0.1) is 0 Å². The standard InChI is InChI=1S/C10H6F2N4O3/c11-5-1-2-6(16(18)19)8(12)7(5)9(17)15-10-13-3-4-14-10/h1-4H,(H2,13,14,15,17). The molecule has 0 atom stereocenters. The first-order chi connectivity index (χ1) is 9.00. The fraction of sp³-hybridized carbons (Fsp3) is 0. The number of hydrogen-bond acceptors (Lipinski definition) is 4. The van der Waals surface area contributed by atoms with Crippen LogP contribution in [0.2, 0.25) is 0 Å². The average Bonchev–Trinajstić information content (AvgIpc) is 2.81. The first-order valence-electron chi connectivity index (χ1n) is 4.94. The third-order valence-electron chi connectivity index (χ3n) is 2.22. The third kappa shape index (κ3) is 2.39. The second-order valence-electron chi connectivity index (χ2n) is 3.40. The predicted octanol–water partition coefficient (Wildman–Crippen LogP) is 1.85. The van der Waals surface area contributed by atoms with E-state index in [0.717, 1.165) is 0 Å². The highest BCUT2D eigenvalue weighted by molar-refractivity contribution is 6.04. The maximum absolute atomic E-state index is 13.7. The van der Waals surface area contributed by atoms with Crippen LogP contribution < -0.4 is 5.32 Å². The van der Waals surface area contributed by atoms with Crippen molar-refractivity contribution in [1.82, 2.24) is 9.97 Å². The Morgan fingerprint density at radius 1 is 1.42 bits per heavy atom. The van der Waals surface area contributed by atoms with E-state index in [-0.39, 0.29) is 5.95 Å². The van der Waals surface area contributed by atoms with Crippen LogP contribution in [0.3, 0.4) is 0 Å². The molecule has 0 aliphatic rings. The first-order valence-corrected chi connectivity index (χ1v) is 4.94. The highest BCUT2D eigenvalue weighted by Gasteiger charge is 2.26. The van der Waals surface area contributed by atoms with Crippen molar-refractivity contribution in [1.29, 1.82) is 0 Å². The van der Waals surface area contributed by atoms with Crippen molar-refractivity contribution in [2.75, 3.05) is 5.32 Å². The molecule has 7 nitrogen and oxygen atoms in total. The number of carbonyl (C=O) groups excluding carboxylic acids is 1. The predicted molar refractivity (Wildman–Crippen MR) is 59.6 cm³/mol. The summed E-state index contributed by atoms with van der Waals surface area (Å²) in [6.45, 7) is 0. The summed E-state index contributed by atoms with van der Waals surface area (Å²) in [5, 5.41) is 12.6. The van der Waals surface area contributed by atoms with Crippen LogP contribution in [0.1, 0.15) is 10.4 Å². The summed E-state index contributed by atoms with van der Waals surface area (Å²) in [5.41, 5.74) is -2.02. The molecule has 0 fully saturated rings. The number of aromatic nitrogens is 2. The van der Waals surface area contributed by atoms with Crippen molar-refractivity contribution in [3.8, 4) is 0 Å². The Bertz CT molecular complexity index is 642. The summed E-state index contributed by atoms with van der Waals surface area (Å²) in [6, 6.07) is 1.30. The van der Waals surface area contributed by atoms with E-state index in [9.17, 15) is 23.7 Å². The van der Waals surface area contributed by atoms with Gasteiger partial charge < -0.3 is 4.98 Å². The van der Waals surface area contributed by atoms with Crippen molar-refractivity contribution in [2.24, 2.45) is 0 Å². The van der Waals surface area contributed by atoms with E-state index in [2.05, 4.69) is 15.3 Å². The summed E-state index contributed by atoms with van der Waals surface area (Å²) >= 11 is 0. The van der Waals surface area contributed by atoms with E-state index in [1.54, 1.807) is 0 Å². The van der Waals surface area contributed by atoms with E-state index in [1.165, 1.54) is 12.4 Å². The number of amides is 1. The van der Waals surface area contributed by atoms with Gasteiger partial charge in [-0.3, -0.25) is 20.2 Å². The fourth-order valence-corrected chi connectivity index (χ4v) is 1.39. The smallest absolute Gasteiger partial charge is 0.305 e. The molecule has 9 heteroatoms. The zero-order valence-electron chi connectivity index (χ0n) is 9.18. The molecule has 1 aromatic carbocycles. The highest BCUT2D eigenvalue weighted by atomic mass is 19.1. The Labute approximate surface area is 104 Å². The van der Waals surface area contributed by atoms with Crippen LogP contribution in [0, 0.1) is 21.7 Å². The average molecular weight is 268 g/mol. The molecule has 0 unspecified atom stereocenters. The summed E-state index contributed by atoms with van der Waals surface area (Å²) in [5.74, 6) is -3.94. The number of nitro groups is 1. The van der Waals surface area contributed by atoms with E-state index >= 15 is 0 Å². The normalized spacial score (nSPS) is 10.2. The van der Waals surface area contributed by atoms with Crippen molar-refractivity contribution >= 4 is 17.5 Å². The molecule has 2 N–H and O–H groups in total.